The Morgan fingerprint density at radius 1 is 1.04 bits per heavy atom. The van der Waals surface area contributed by atoms with Crippen LogP contribution in [-0.2, 0) is 32.5 Å². The Balaban J connectivity index is 1.84. The van der Waals surface area contributed by atoms with E-state index in [0.29, 0.717) is 6.42 Å². The first-order chi connectivity index (χ1) is 13.5. The molecule has 6 heteroatoms. The number of aromatic nitrogens is 1. The van der Waals surface area contributed by atoms with Crippen LogP contribution in [0.3, 0.4) is 0 Å². The van der Waals surface area contributed by atoms with E-state index in [1.54, 1.807) is 0 Å². The van der Waals surface area contributed by atoms with Gasteiger partial charge in [0.25, 0.3) is 5.91 Å². The summed E-state index contributed by atoms with van der Waals surface area (Å²) in [4.78, 5) is 25.2. The number of hydrogen-bond acceptors (Lipinski definition) is 4. The molecule has 0 saturated heterocycles. The molecule has 0 bridgehead atoms. The van der Waals surface area contributed by atoms with Crippen molar-refractivity contribution in [2.24, 2.45) is 7.05 Å². The second-order valence-corrected chi connectivity index (χ2v) is 6.60. The summed E-state index contributed by atoms with van der Waals surface area (Å²) < 4.78 is 12.3. The van der Waals surface area contributed by atoms with Gasteiger partial charge in [-0.2, -0.15) is 0 Å². The molecule has 146 valence electrons. The monoisotopic (exact) mass is 380 g/mol. The fourth-order valence-electron chi connectivity index (χ4n) is 3.41. The third-order valence-electron chi connectivity index (χ3n) is 4.78. The lowest BCUT2D eigenvalue weighted by atomic mass is 10.0. The van der Waals surface area contributed by atoms with Crippen LogP contribution in [0.2, 0.25) is 0 Å². The van der Waals surface area contributed by atoms with Crippen LogP contribution in [0.5, 0.6) is 0 Å². The van der Waals surface area contributed by atoms with Crippen LogP contribution in [-0.4, -0.2) is 36.7 Å². The van der Waals surface area contributed by atoms with Crippen LogP contribution < -0.4 is 5.32 Å². The van der Waals surface area contributed by atoms with Crippen LogP contribution in [0.1, 0.15) is 17.2 Å². The van der Waals surface area contributed by atoms with Gasteiger partial charge in [0.1, 0.15) is 6.04 Å². The summed E-state index contributed by atoms with van der Waals surface area (Å²) in [7, 11) is 4.73. The number of carbonyl (C=O) groups excluding carboxylic acids is 2. The summed E-state index contributed by atoms with van der Waals surface area (Å²) in [6.45, 7) is 0. The minimum absolute atomic E-state index is 0.324. The Bertz CT molecular complexity index is 965. The highest BCUT2D eigenvalue weighted by molar-refractivity contribution is 5.89. The second kappa shape index (κ2) is 8.71. The first-order valence-electron chi connectivity index (χ1n) is 9.04. The maximum Gasteiger partial charge on any atom is 0.328 e. The van der Waals surface area contributed by atoms with Gasteiger partial charge in [0, 0.05) is 37.7 Å². The van der Waals surface area contributed by atoms with Gasteiger partial charge < -0.3 is 19.4 Å². The number of methoxy groups -OCH3 is 2. The van der Waals surface area contributed by atoms with E-state index in [9.17, 15) is 9.59 Å². The number of aryl methyl sites for hydroxylation is 1. The van der Waals surface area contributed by atoms with Crippen molar-refractivity contribution >= 4 is 22.8 Å². The summed E-state index contributed by atoms with van der Waals surface area (Å²) in [5.74, 6) is -0.881. The molecule has 0 fully saturated rings. The molecule has 3 aromatic rings. The van der Waals surface area contributed by atoms with Gasteiger partial charge in [0.2, 0.25) is 0 Å². The Morgan fingerprint density at radius 2 is 1.71 bits per heavy atom. The maximum atomic E-state index is 12.8. The van der Waals surface area contributed by atoms with Crippen molar-refractivity contribution in [1.82, 2.24) is 9.88 Å². The Labute approximate surface area is 164 Å². The summed E-state index contributed by atoms with van der Waals surface area (Å²) in [6.07, 6.45) is 1.49. The highest BCUT2D eigenvalue weighted by Crippen LogP contribution is 2.22. The van der Waals surface area contributed by atoms with Gasteiger partial charge in [-0.25, -0.2) is 4.79 Å². The zero-order chi connectivity index (χ0) is 20.1. The quantitative estimate of drug-likeness (QED) is 0.640. The Morgan fingerprint density at radius 3 is 2.39 bits per heavy atom. The second-order valence-electron chi connectivity index (χ2n) is 6.60. The zero-order valence-electron chi connectivity index (χ0n) is 16.2. The minimum atomic E-state index is -0.815. The Hall–Kier alpha value is -3.12. The van der Waals surface area contributed by atoms with E-state index in [-0.39, 0.29) is 5.91 Å². The number of esters is 1. The molecule has 3 rings (SSSR count). The van der Waals surface area contributed by atoms with Gasteiger partial charge in [-0.05, 0) is 17.2 Å². The van der Waals surface area contributed by atoms with E-state index in [2.05, 4.69) is 5.32 Å². The molecule has 0 aliphatic heterocycles. The first kappa shape index (κ1) is 19.6. The van der Waals surface area contributed by atoms with Crippen molar-refractivity contribution in [2.45, 2.75) is 18.6 Å². The highest BCUT2D eigenvalue weighted by Gasteiger charge is 2.28. The molecule has 0 radical (unpaired) electrons. The molecule has 0 aliphatic rings. The van der Waals surface area contributed by atoms with Gasteiger partial charge in [0.05, 0.1) is 7.11 Å². The summed E-state index contributed by atoms with van der Waals surface area (Å²) in [6, 6.07) is 16.3. The summed E-state index contributed by atoms with van der Waals surface area (Å²) in [5, 5.41) is 3.83. The van der Waals surface area contributed by atoms with Crippen molar-refractivity contribution < 1.29 is 19.1 Å². The molecule has 0 saturated carbocycles. The summed E-state index contributed by atoms with van der Waals surface area (Å²) in [5.41, 5.74) is 2.74. The van der Waals surface area contributed by atoms with E-state index in [1.165, 1.54) is 14.2 Å². The van der Waals surface area contributed by atoms with Crippen LogP contribution in [0.15, 0.2) is 60.8 Å². The number of nitrogens with zero attached hydrogens (tertiary/aromatic N) is 1. The predicted octanol–water partition coefficient (Wildman–Crippen LogP) is 2.77. The predicted molar refractivity (Wildman–Crippen MR) is 107 cm³/mol. The molecular formula is C22H24N2O4. The number of hydrogen-bond donors (Lipinski definition) is 1. The van der Waals surface area contributed by atoms with Gasteiger partial charge >= 0.3 is 5.97 Å². The molecule has 1 aromatic heterocycles. The van der Waals surface area contributed by atoms with Gasteiger partial charge in [-0.1, -0.05) is 48.5 Å². The van der Waals surface area contributed by atoms with Crippen molar-refractivity contribution in [2.75, 3.05) is 14.2 Å². The van der Waals surface area contributed by atoms with Crippen LogP contribution in [0.25, 0.3) is 10.9 Å². The molecule has 1 N–H and O–H groups in total. The first-order valence-corrected chi connectivity index (χ1v) is 9.04. The largest absolute Gasteiger partial charge is 0.467 e. The van der Waals surface area contributed by atoms with Gasteiger partial charge in [-0.3, -0.25) is 4.79 Å². The van der Waals surface area contributed by atoms with Crippen LogP contribution in [0.4, 0.5) is 0 Å². The number of fused-ring (bicyclic) bond motifs is 1. The zero-order valence-corrected chi connectivity index (χ0v) is 16.2. The number of rotatable bonds is 7. The molecule has 6 nitrogen and oxygen atoms in total. The molecular weight excluding hydrogens is 356 g/mol. The fraction of sp³-hybridized carbons (Fsp3) is 0.273. The van der Waals surface area contributed by atoms with E-state index < -0.39 is 18.1 Å². The number of nitrogens with one attached hydrogen (secondary N) is 1. The average Bonchev–Trinajstić information content (AvgIpc) is 3.04. The third kappa shape index (κ3) is 4.07. The third-order valence-corrected chi connectivity index (χ3v) is 4.78. The van der Waals surface area contributed by atoms with E-state index >= 15 is 0 Å². The molecule has 2 atom stereocenters. The van der Waals surface area contributed by atoms with E-state index in [4.69, 9.17) is 9.47 Å². The van der Waals surface area contributed by atoms with Crippen LogP contribution in [0, 0.1) is 0 Å². The lowest BCUT2D eigenvalue weighted by Crippen LogP contribution is -2.45. The van der Waals surface area contributed by atoms with E-state index in [1.807, 2.05) is 72.4 Å². The number of ether oxygens (including phenoxy) is 2. The lowest BCUT2D eigenvalue weighted by Gasteiger charge is -2.20. The standard InChI is InChI=1S/C22H24N2O4/c1-24-14-16(17-11-7-8-12-19(17)24)13-18(22(26)28-3)23-21(25)20(27-2)15-9-5-4-6-10-15/h4-12,14,18,20H,13H2,1-3H3,(H,23,25)/t18-,20+/m0/s1. The molecule has 1 amide bonds. The van der Waals surface area contributed by atoms with Gasteiger partial charge in [-0.15, -0.1) is 0 Å². The van der Waals surface area contributed by atoms with Crippen molar-refractivity contribution in [3.63, 3.8) is 0 Å². The lowest BCUT2D eigenvalue weighted by molar-refractivity contribution is -0.146. The SMILES string of the molecule is COC(=O)[C@H](Cc1cn(C)c2ccccc12)NC(=O)[C@H](OC)c1ccccc1. The van der Waals surface area contributed by atoms with Crippen molar-refractivity contribution in [1.29, 1.82) is 0 Å². The number of para-hydroxylation sites is 1. The summed E-state index contributed by atoms with van der Waals surface area (Å²) >= 11 is 0. The fourth-order valence-corrected chi connectivity index (χ4v) is 3.41. The maximum absolute atomic E-state index is 12.8. The molecule has 0 spiro atoms. The van der Waals surface area contributed by atoms with Gasteiger partial charge in [0.15, 0.2) is 6.10 Å². The molecule has 0 unspecified atom stereocenters. The highest BCUT2D eigenvalue weighted by atomic mass is 16.5. The number of benzene rings is 2. The van der Waals surface area contributed by atoms with E-state index in [0.717, 1.165) is 22.0 Å². The average molecular weight is 380 g/mol. The van der Waals surface area contributed by atoms with Crippen molar-refractivity contribution in [3.8, 4) is 0 Å². The Kier molecular flexibility index (Phi) is 6.11. The topological polar surface area (TPSA) is 69.6 Å². The normalized spacial score (nSPS) is 13.1. The van der Waals surface area contributed by atoms with Crippen LogP contribution >= 0.6 is 0 Å². The molecule has 0 aliphatic carbocycles. The molecule has 2 aromatic carbocycles. The number of carbonyl (C=O) groups is 2. The van der Waals surface area contributed by atoms with Crippen molar-refractivity contribution in [3.05, 3.63) is 71.9 Å². The smallest absolute Gasteiger partial charge is 0.328 e. The number of amides is 1. The molecule has 1 heterocycles. The molecule has 28 heavy (non-hydrogen) atoms. The minimum Gasteiger partial charge on any atom is -0.467 e.